The molecule has 1 saturated heterocycles. The van der Waals surface area contributed by atoms with Crippen LogP contribution >= 0.6 is 0 Å². The molecule has 0 atom stereocenters. The van der Waals surface area contributed by atoms with Crippen molar-refractivity contribution < 1.29 is 4.74 Å². The molecule has 5 nitrogen and oxygen atoms in total. The zero-order valence-electron chi connectivity index (χ0n) is 9.67. The van der Waals surface area contributed by atoms with Gasteiger partial charge in [-0.3, -0.25) is 0 Å². The quantitative estimate of drug-likeness (QED) is 0.748. The first kappa shape index (κ1) is 10.4. The third-order valence-electron chi connectivity index (χ3n) is 3.14. The molecule has 1 aromatic carbocycles. The smallest absolute Gasteiger partial charge is 0.323 e. The van der Waals surface area contributed by atoms with E-state index in [-0.39, 0.29) is 11.1 Å². The number of hydrogen-bond acceptors (Lipinski definition) is 3. The molecule has 0 saturated carbocycles. The van der Waals surface area contributed by atoms with Crippen LogP contribution in [0, 0.1) is 5.41 Å². The van der Waals surface area contributed by atoms with Crippen molar-refractivity contribution in [1.29, 1.82) is 0 Å². The molecule has 17 heavy (non-hydrogen) atoms. The molecule has 0 unspecified atom stereocenters. The lowest BCUT2D eigenvalue weighted by molar-refractivity contribution is -0.0924. The lowest BCUT2D eigenvalue weighted by Gasteiger charge is -2.38. The van der Waals surface area contributed by atoms with E-state index < -0.39 is 0 Å². The van der Waals surface area contributed by atoms with Crippen molar-refractivity contribution in [2.75, 3.05) is 25.1 Å². The number of H-pyrrole nitrogens is 2. The number of benzene rings is 1. The molecule has 3 N–H and O–H groups in total. The Balaban J connectivity index is 1.78. The van der Waals surface area contributed by atoms with E-state index in [4.69, 9.17) is 4.74 Å². The van der Waals surface area contributed by atoms with Gasteiger partial charge in [-0.2, -0.15) is 0 Å². The highest BCUT2D eigenvalue weighted by Crippen LogP contribution is 2.27. The molecule has 1 aliphatic rings. The Morgan fingerprint density at radius 3 is 2.82 bits per heavy atom. The molecule has 2 aromatic rings. The van der Waals surface area contributed by atoms with E-state index in [1.165, 1.54) is 0 Å². The predicted molar refractivity (Wildman–Crippen MR) is 66.3 cm³/mol. The lowest BCUT2D eigenvalue weighted by Crippen LogP contribution is -2.45. The van der Waals surface area contributed by atoms with Crippen molar-refractivity contribution in [1.82, 2.24) is 9.97 Å². The molecule has 2 heterocycles. The first-order valence-electron chi connectivity index (χ1n) is 5.68. The third kappa shape index (κ3) is 1.93. The number of hydrogen-bond donors (Lipinski definition) is 3. The van der Waals surface area contributed by atoms with Gasteiger partial charge >= 0.3 is 5.69 Å². The minimum atomic E-state index is -0.170. The zero-order chi connectivity index (χ0) is 11.9. The van der Waals surface area contributed by atoms with Gasteiger partial charge in [-0.25, -0.2) is 4.79 Å². The molecule has 5 heteroatoms. The van der Waals surface area contributed by atoms with Crippen LogP contribution in [-0.2, 0) is 4.74 Å². The first-order valence-corrected chi connectivity index (χ1v) is 5.68. The van der Waals surface area contributed by atoms with Crippen LogP contribution in [0.25, 0.3) is 11.0 Å². The molecule has 0 amide bonds. The monoisotopic (exact) mass is 233 g/mol. The van der Waals surface area contributed by atoms with Gasteiger partial charge in [0.05, 0.1) is 24.2 Å². The maximum absolute atomic E-state index is 11.1. The Morgan fingerprint density at radius 2 is 2.12 bits per heavy atom. The number of imidazole rings is 1. The predicted octanol–water partition coefficient (Wildman–Crippen LogP) is 1.30. The Hall–Kier alpha value is -1.75. The molecular formula is C12H15N3O2. The molecular weight excluding hydrogens is 218 g/mol. The number of anilines is 1. The summed E-state index contributed by atoms with van der Waals surface area (Å²) in [4.78, 5) is 16.6. The van der Waals surface area contributed by atoms with Gasteiger partial charge < -0.3 is 20.0 Å². The van der Waals surface area contributed by atoms with Gasteiger partial charge in [0.25, 0.3) is 0 Å². The van der Waals surface area contributed by atoms with Crippen molar-refractivity contribution in [2.24, 2.45) is 5.41 Å². The van der Waals surface area contributed by atoms with Gasteiger partial charge in [0.2, 0.25) is 0 Å². The average Bonchev–Trinajstić information content (AvgIpc) is 2.63. The second-order valence-electron chi connectivity index (χ2n) is 5.00. The van der Waals surface area contributed by atoms with Crippen LogP contribution in [0.15, 0.2) is 23.0 Å². The van der Waals surface area contributed by atoms with Crippen LogP contribution in [0.4, 0.5) is 5.69 Å². The number of aromatic nitrogens is 2. The van der Waals surface area contributed by atoms with E-state index >= 15 is 0 Å². The highest BCUT2D eigenvalue weighted by Gasteiger charge is 2.32. The van der Waals surface area contributed by atoms with Crippen molar-refractivity contribution in [3.63, 3.8) is 0 Å². The molecule has 0 radical (unpaired) electrons. The van der Waals surface area contributed by atoms with Gasteiger partial charge in [-0.1, -0.05) is 6.92 Å². The fourth-order valence-electron chi connectivity index (χ4n) is 2.01. The summed E-state index contributed by atoms with van der Waals surface area (Å²) in [5.41, 5.74) is 2.74. The average molecular weight is 233 g/mol. The van der Waals surface area contributed by atoms with Crippen LogP contribution < -0.4 is 11.0 Å². The topological polar surface area (TPSA) is 69.9 Å². The molecule has 0 spiro atoms. The van der Waals surface area contributed by atoms with E-state index in [1.54, 1.807) is 0 Å². The SMILES string of the molecule is CC1(CNc2ccc3[nH]c(=O)[nH]c3c2)COC1. The third-order valence-corrected chi connectivity index (χ3v) is 3.14. The fourth-order valence-corrected chi connectivity index (χ4v) is 2.01. The van der Waals surface area contributed by atoms with E-state index in [1.807, 2.05) is 18.2 Å². The number of fused-ring (bicyclic) bond motifs is 1. The van der Waals surface area contributed by atoms with Crippen LogP contribution in [0.3, 0.4) is 0 Å². The molecule has 90 valence electrons. The molecule has 0 bridgehead atoms. The number of ether oxygens (including phenoxy) is 1. The summed E-state index contributed by atoms with van der Waals surface area (Å²) in [5, 5.41) is 3.37. The summed E-state index contributed by atoms with van der Waals surface area (Å²) in [6, 6.07) is 5.81. The maximum atomic E-state index is 11.1. The normalized spacial score (nSPS) is 17.9. The van der Waals surface area contributed by atoms with Gasteiger partial charge in [-0.15, -0.1) is 0 Å². The minimum Gasteiger partial charge on any atom is -0.384 e. The Morgan fingerprint density at radius 1 is 1.35 bits per heavy atom. The van der Waals surface area contributed by atoms with Gasteiger partial charge in [-0.05, 0) is 18.2 Å². The summed E-state index contributed by atoms with van der Waals surface area (Å²) < 4.78 is 5.21. The molecule has 0 aliphatic carbocycles. The van der Waals surface area contributed by atoms with E-state index in [2.05, 4.69) is 22.2 Å². The highest BCUT2D eigenvalue weighted by atomic mass is 16.5. The molecule has 3 rings (SSSR count). The summed E-state index contributed by atoms with van der Waals surface area (Å²) in [6.45, 7) is 4.69. The lowest BCUT2D eigenvalue weighted by atomic mass is 9.89. The van der Waals surface area contributed by atoms with E-state index in [0.717, 1.165) is 36.5 Å². The number of nitrogens with one attached hydrogen (secondary N) is 3. The molecule has 1 aromatic heterocycles. The highest BCUT2D eigenvalue weighted by molar-refractivity contribution is 5.78. The number of rotatable bonds is 3. The minimum absolute atomic E-state index is 0.170. The zero-order valence-corrected chi connectivity index (χ0v) is 9.67. The Kier molecular flexibility index (Phi) is 2.22. The standard InChI is InChI=1S/C12H15N3O2/c1-12(6-17-7-12)5-13-8-2-3-9-10(4-8)15-11(16)14-9/h2-4,13H,5-7H2,1H3,(H2,14,15,16). The van der Waals surface area contributed by atoms with Gasteiger partial charge in [0, 0.05) is 17.6 Å². The van der Waals surface area contributed by atoms with Crippen LogP contribution in [0.2, 0.25) is 0 Å². The molecule has 1 aliphatic heterocycles. The Bertz CT molecular complexity index is 595. The van der Waals surface area contributed by atoms with Crippen molar-refractivity contribution >= 4 is 16.7 Å². The van der Waals surface area contributed by atoms with Crippen molar-refractivity contribution in [3.05, 3.63) is 28.7 Å². The second kappa shape index (κ2) is 3.63. The van der Waals surface area contributed by atoms with Gasteiger partial charge in [0.1, 0.15) is 0 Å². The number of aromatic amines is 2. The van der Waals surface area contributed by atoms with Crippen molar-refractivity contribution in [2.45, 2.75) is 6.92 Å². The van der Waals surface area contributed by atoms with Gasteiger partial charge in [0.15, 0.2) is 0 Å². The fraction of sp³-hybridized carbons (Fsp3) is 0.417. The van der Waals surface area contributed by atoms with E-state index in [0.29, 0.717) is 0 Å². The summed E-state index contributed by atoms with van der Waals surface area (Å²) in [5.74, 6) is 0. The first-order chi connectivity index (χ1) is 8.15. The Labute approximate surface area is 98.2 Å². The largest absolute Gasteiger partial charge is 0.384 e. The summed E-state index contributed by atoms with van der Waals surface area (Å²) in [7, 11) is 0. The van der Waals surface area contributed by atoms with Crippen LogP contribution in [-0.4, -0.2) is 29.7 Å². The summed E-state index contributed by atoms with van der Waals surface area (Å²) >= 11 is 0. The van der Waals surface area contributed by atoms with E-state index in [9.17, 15) is 4.79 Å². The molecule has 1 fully saturated rings. The second-order valence-corrected chi connectivity index (χ2v) is 5.00. The van der Waals surface area contributed by atoms with Crippen LogP contribution in [0.5, 0.6) is 0 Å². The van der Waals surface area contributed by atoms with Crippen LogP contribution in [0.1, 0.15) is 6.92 Å². The van der Waals surface area contributed by atoms with Crippen molar-refractivity contribution in [3.8, 4) is 0 Å². The summed E-state index contributed by atoms with van der Waals surface area (Å²) in [6.07, 6.45) is 0. The maximum Gasteiger partial charge on any atom is 0.323 e.